The fraction of sp³-hybridized carbons (Fsp3) is 0.962. The highest BCUT2D eigenvalue weighted by molar-refractivity contribution is 5.65. The van der Waals surface area contributed by atoms with E-state index in [-0.39, 0.29) is 40.3 Å². The first-order valence-electron chi connectivity index (χ1n) is 12.7. The minimum absolute atomic E-state index is 0.194. The van der Waals surface area contributed by atoms with Crippen molar-refractivity contribution in [3.63, 3.8) is 0 Å². The normalized spacial score (nSPS) is 25.2. The first kappa shape index (κ1) is 30.3. The molecule has 2 aliphatic rings. The van der Waals surface area contributed by atoms with Crippen LogP contribution in [0.5, 0.6) is 0 Å². The zero-order chi connectivity index (χ0) is 25.7. The van der Waals surface area contributed by atoms with E-state index in [9.17, 15) is 10.0 Å². The number of nitrogens with zero attached hydrogens (tertiary/aromatic N) is 2. The molecule has 0 aromatic rings. The fourth-order valence-corrected chi connectivity index (χ4v) is 5.53. The molecule has 2 saturated heterocycles. The molecule has 0 atom stereocenters. The Morgan fingerprint density at radius 3 is 1.39 bits per heavy atom. The first-order valence-corrected chi connectivity index (χ1v) is 12.7. The average Bonchev–Trinajstić information content (AvgIpc) is 2.65. The Kier molecular flexibility index (Phi) is 10.8. The molecule has 1 N–H and O–H groups in total. The number of rotatable bonds is 7. The van der Waals surface area contributed by atoms with Crippen molar-refractivity contribution < 1.29 is 24.3 Å². The summed E-state index contributed by atoms with van der Waals surface area (Å²) >= 11 is 0. The molecular formula is C26H52N2O5. The molecular weight excluding hydrogens is 420 g/mol. The van der Waals surface area contributed by atoms with Gasteiger partial charge in [0.05, 0.1) is 23.3 Å². The Bertz CT molecular complexity index is 582. The zero-order valence-corrected chi connectivity index (χ0v) is 23.3. The molecule has 2 aliphatic heterocycles. The van der Waals surface area contributed by atoms with Gasteiger partial charge < -0.3 is 19.5 Å². The smallest absolute Gasteiger partial charge is 0.322 e. The van der Waals surface area contributed by atoms with Crippen LogP contribution in [0.3, 0.4) is 0 Å². The molecule has 196 valence electrons. The predicted octanol–water partition coefficient (Wildman–Crippen LogP) is 5.74. The molecule has 0 aliphatic carbocycles. The Morgan fingerprint density at radius 1 is 0.758 bits per heavy atom. The van der Waals surface area contributed by atoms with Gasteiger partial charge in [0.1, 0.15) is 0 Å². The SMILES string of the molecule is CCCOC1CC(C)(C)N(O)C(C)(C)C1.CCCOC1CC(C)(C)N(OC(C)=O)C(C)(C)C1. The van der Waals surface area contributed by atoms with Crippen molar-refractivity contribution >= 4 is 5.97 Å². The summed E-state index contributed by atoms with van der Waals surface area (Å²) in [4.78, 5) is 16.7. The van der Waals surface area contributed by atoms with E-state index >= 15 is 0 Å². The van der Waals surface area contributed by atoms with Crippen molar-refractivity contribution in [3.05, 3.63) is 0 Å². The lowest BCUT2D eigenvalue weighted by molar-refractivity contribution is -0.277. The van der Waals surface area contributed by atoms with E-state index in [0.29, 0.717) is 0 Å². The summed E-state index contributed by atoms with van der Waals surface area (Å²) in [6.45, 7) is 24.0. The third kappa shape index (κ3) is 8.77. The summed E-state index contributed by atoms with van der Waals surface area (Å²) in [6.07, 6.45) is 6.15. The minimum atomic E-state index is -0.260. The van der Waals surface area contributed by atoms with Crippen LogP contribution in [0, 0.1) is 0 Å². The van der Waals surface area contributed by atoms with Crippen molar-refractivity contribution in [2.24, 2.45) is 0 Å². The molecule has 0 bridgehead atoms. The van der Waals surface area contributed by atoms with Gasteiger partial charge in [-0.2, -0.15) is 5.06 Å². The Morgan fingerprint density at radius 2 is 1.09 bits per heavy atom. The van der Waals surface area contributed by atoms with Crippen LogP contribution in [0.1, 0.15) is 115 Å². The molecule has 2 fully saturated rings. The number of hydroxylamine groups is 4. The van der Waals surface area contributed by atoms with Gasteiger partial charge in [0.2, 0.25) is 0 Å². The van der Waals surface area contributed by atoms with Crippen LogP contribution >= 0.6 is 0 Å². The largest absolute Gasteiger partial charge is 0.378 e. The third-order valence-electron chi connectivity index (χ3n) is 6.49. The lowest BCUT2D eigenvalue weighted by Gasteiger charge is -2.52. The van der Waals surface area contributed by atoms with Crippen LogP contribution in [0.25, 0.3) is 0 Å². The van der Waals surface area contributed by atoms with E-state index in [1.807, 2.05) is 5.06 Å². The number of carbonyl (C=O) groups excluding carboxylic acids is 1. The highest BCUT2D eigenvalue weighted by Crippen LogP contribution is 2.40. The van der Waals surface area contributed by atoms with Crippen LogP contribution in [0.2, 0.25) is 0 Å². The van der Waals surface area contributed by atoms with Crippen LogP contribution in [0.15, 0.2) is 0 Å². The van der Waals surface area contributed by atoms with Gasteiger partial charge in [-0.25, -0.2) is 0 Å². The van der Waals surface area contributed by atoms with Crippen LogP contribution in [-0.2, 0) is 19.1 Å². The van der Waals surface area contributed by atoms with E-state index in [1.54, 1.807) is 0 Å². The first-order chi connectivity index (χ1) is 15.0. The molecule has 0 unspecified atom stereocenters. The van der Waals surface area contributed by atoms with Gasteiger partial charge >= 0.3 is 5.97 Å². The second-order valence-electron chi connectivity index (χ2n) is 12.2. The fourth-order valence-electron chi connectivity index (χ4n) is 5.53. The molecule has 7 nitrogen and oxygen atoms in total. The summed E-state index contributed by atoms with van der Waals surface area (Å²) < 4.78 is 11.7. The molecule has 0 aromatic carbocycles. The second kappa shape index (κ2) is 11.8. The average molecular weight is 473 g/mol. The minimum Gasteiger partial charge on any atom is -0.378 e. The quantitative estimate of drug-likeness (QED) is 0.507. The van der Waals surface area contributed by atoms with Gasteiger partial charge in [-0.1, -0.05) is 13.8 Å². The van der Waals surface area contributed by atoms with E-state index in [2.05, 4.69) is 69.2 Å². The molecule has 0 spiro atoms. The molecule has 0 aromatic heterocycles. The number of carbonyl (C=O) groups is 1. The van der Waals surface area contributed by atoms with Crippen LogP contribution in [0.4, 0.5) is 0 Å². The van der Waals surface area contributed by atoms with Crippen molar-refractivity contribution in [1.29, 1.82) is 0 Å². The Labute approximate surface area is 203 Å². The standard InChI is InChI=1S/C14H27NO3.C12H25NO2/c1-7-8-17-12-9-13(3,4)15(18-11(2)16)14(5,6)10-12;1-6-7-15-10-8-11(2,3)13(14)12(4,5)9-10/h12H,7-10H2,1-6H3;10,14H,6-9H2,1-5H3. The summed E-state index contributed by atoms with van der Waals surface area (Å²) in [5, 5.41) is 13.4. The van der Waals surface area contributed by atoms with E-state index in [4.69, 9.17) is 14.3 Å². The monoisotopic (exact) mass is 472 g/mol. The summed E-state index contributed by atoms with van der Waals surface area (Å²) in [5.41, 5.74) is -0.794. The summed E-state index contributed by atoms with van der Waals surface area (Å²) in [5.74, 6) is -0.260. The molecule has 2 rings (SSSR count). The number of ether oxygens (including phenoxy) is 2. The lowest BCUT2D eigenvalue weighted by atomic mass is 9.80. The maximum atomic E-state index is 11.2. The van der Waals surface area contributed by atoms with Crippen molar-refractivity contribution in [3.8, 4) is 0 Å². The second-order valence-corrected chi connectivity index (χ2v) is 12.2. The molecule has 33 heavy (non-hydrogen) atoms. The highest BCUT2D eigenvalue weighted by atomic mass is 16.7. The van der Waals surface area contributed by atoms with E-state index in [1.165, 1.54) is 12.0 Å². The highest BCUT2D eigenvalue weighted by Gasteiger charge is 2.48. The molecule has 0 amide bonds. The van der Waals surface area contributed by atoms with E-state index < -0.39 is 0 Å². The van der Waals surface area contributed by atoms with Crippen molar-refractivity contribution in [2.75, 3.05) is 13.2 Å². The topological polar surface area (TPSA) is 71.5 Å². The number of hydrogen-bond donors (Lipinski definition) is 1. The molecule has 0 saturated carbocycles. The number of piperidine rings is 2. The van der Waals surface area contributed by atoms with Crippen LogP contribution < -0.4 is 0 Å². The van der Waals surface area contributed by atoms with Gasteiger partial charge in [-0.15, -0.1) is 5.06 Å². The van der Waals surface area contributed by atoms with Gasteiger partial charge in [-0.3, -0.25) is 4.79 Å². The molecule has 0 radical (unpaired) electrons. The predicted molar refractivity (Wildman–Crippen MR) is 132 cm³/mol. The Hall–Kier alpha value is -0.730. The summed E-state index contributed by atoms with van der Waals surface area (Å²) in [7, 11) is 0. The zero-order valence-electron chi connectivity index (χ0n) is 23.3. The maximum Gasteiger partial charge on any atom is 0.322 e. The molecule has 7 heteroatoms. The van der Waals surface area contributed by atoms with Gasteiger partial charge in [0.25, 0.3) is 0 Å². The van der Waals surface area contributed by atoms with Gasteiger partial charge in [0, 0.05) is 31.2 Å². The lowest BCUT2D eigenvalue weighted by Crippen LogP contribution is -2.62. The summed E-state index contributed by atoms with van der Waals surface area (Å²) in [6, 6.07) is 0. The van der Waals surface area contributed by atoms with Crippen molar-refractivity contribution in [1.82, 2.24) is 10.1 Å². The maximum absolute atomic E-state index is 11.2. The molecule has 2 heterocycles. The van der Waals surface area contributed by atoms with Gasteiger partial charge in [-0.05, 0) is 93.9 Å². The van der Waals surface area contributed by atoms with Crippen molar-refractivity contribution in [2.45, 2.75) is 149 Å². The number of hydrogen-bond acceptors (Lipinski definition) is 7. The van der Waals surface area contributed by atoms with Gasteiger partial charge in [0.15, 0.2) is 0 Å². The van der Waals surface area contributed by atoms with Crippen LogP contribution in [-0.4, -0.2) is 68.9 Å². The Balaban J connectivity index is 0.000000335. The third-order valence-corrected chi connectivity index (χ3v) is 6.49. The van der Waals surface area contributed by atoms with E-state index in [0.717, 1.165) is 51.7 Å².